The largest absolute Gasteiger partial charge is 0.417 e. The molecule has 9 heteroatoms. The van der Waals surface area contributed by atoms with Crippen molar-refractivity contribution in [2.24, 2.45) is 0 Å². The van der Waals surface area contributed by atoms with Gasteiger partial charge in [0.05, 0.1) is 10.2 Å². The van der Waals surface area contributed by atoms with Crippen LogP contribution in [0.4, 0.5) is 8.78 Å². The van der Waals surface area contributed by atoms with E-state index in [1.165, 1.54) is 4.68 Å². The highest BCUT2D eigenvalue weighted by molar-refractivity contribution is 9.10. The van der Waals surface area contributed by atoms with E-state index < -0.39 is 12.5 Å². The minimum atomic E-state index is -2.66. The van der Waals surface area contributed by atoms with E-state index in [0.717, 1.165) is 0 Å². The second-order valence-electron chi connectivity index (χ2n) is 4.87. The van der Waals surface area contributed by atoms with Crippen molar-refractivity contribution < 1.29 is 13.2 Å². The van der Waals surface area contributed by atoms with Crippen LogP contribution >= 0.6 is 15.9 Å². The number of rotatable bonds is 4. The van der Waals surface area contributed by atoms with Crippen LogP contribution < -0.4 is 0 Å². The summed E-state index contributed by atoms with van der Waals surface area (Å²) in [6.07, 6.45) is -1.05. The second-order valence-corrected chi connectivity index (χ2v) is 5.66. The first kappa shape index (κ1) is 15.7. The fraction of sp³-hybridized carbons (Fsp3) is 0.286. The summed E-state index contributed by atoms with van der Waals surface area (Å²) in [5.74, 6) is 0.537. The molecule has 0 aromatic carbocycles. The van der Waals surface area contributed by atoms with Gasteiger partial charge < -0.3 is 4.42 Å². The minimum absolute atomic E-state index is 0.268. The lowest BCUT2D eigenvalue weighted by atomic mass is 10.3. The summed E-state index contributed by atoms with van der Waals surface area (Å²) in [5, 5.41) is 11.9. The van der Waals surface area contributed by atoms with Crippen molar-refractivity contribution in [2.75, 3.05) is 0 Å². The number of aromatic nitrogens is 5. The van der Waals surface area contributed by atoms with E-state index in [-0.39, 0.29) is 21.9 Å². The lowest BCUT2D eigenvalue weighted by Crippen LogP contribution is -2.11. The number of hydrogen-bond donors (Lipinski definition) is 0. The number of hydrogen-bond acceptors (Lipinski definition) is 5. The van der Waals surface area contributed by atoms with E-state index in [1.54, 1.807) is 38.2 Å². The molecule has 3 aromatic rings. The van der Waals surface area contributed by atoms with E-state index in [9.17, 15) is 8.78 Å². The van der Waals surface area contributed by atoms with Crippen LogP contribution in [0.2, 0.25) is 0 Å². The van der Waals surface area contributed by atoms with Gasteiger partial charge in [-0.15, -0.1) is 10.2 Å². The maximum absolute atomic E-state index is 12.9. The number of nitrogens with zero attached hydrogens (tertiary/aromatic N) is 5. The molecule has 0 aliphatic rings. The van der Waals surface area contributed by atoms with Crippen molar-refractivity contribution in [3.63, 3.8) is 0 Å². The van der Waals surface area contributed by atoms with Crippen LogP contribution in [0, 0.1) is 6.92 Å². The average molecular weight is 384 g/mol. The Labute approximate surface area is 138 Å². The van der Waals surface area contributed by atoms with Gasteiger partial charge in [-0.3, -0.25) is 9.67 Å². The molecule has 120 valence electrons. The van der Waals surface area contributed by atoms with Crippen molar-refractivity contribution >= 4 is 15.9 Å². The minimum Gasteiger partial charge on any atom is -0.417 e. The topological polar surface area (TPSA) is 69.6 Å². The average Bonchev–Trinajstić information content (AvgIpc) is 3.14. The lowest BCUT2D eigenvalue weighted by Gasteiger charge is -2.09. The van der Waals surface area contributed by atoms with Gasteiger partial charge in [0.1, 0.15) is 17.4 Å². The Morgan fingerprint density at radius 2 is 2.04 bits per heavy atom. The van der Waals surface area contributed by atoms with Crippen molar-refractivity contribution in [3.05, 3.63) is 46.1 Å². The molecule has 0 amide bonds. The molecule has 0 aliphatic heterocycles. The Bertz CT molecular complexity index is 818. The molecule has 0 spiro atoms. The van der Waals surface area contributed by atoms with Gasteiger partial charge in [0, 0.05) is 6.20 Å². The van der Waals surface area contributed by atoms with Crippen LogP contribution in [-0.4, -0.2) is 25.0 Å². The van der Waals surface area contributed by atoms with Gasteiger partial charge in [0.25, 0.3) is 12.3 Å². The van der Waals surface area contributed by atoms with E-state index >= 15 is 0 Å². The highest BCUT2D eigenvalue weighted by Crippen LogP contribution is 2.32. The van der Waals surface area contributed by atoms with Gasteiger partial charge in [0.2, 0.25) is 5.89 Å². The number of alkyl halides is 2. The summed E-state index contributed by atoms with van der Waals surface area (Å²) in [7, 11) is 0. The zero-order chi connectivity index (χ0) is 16.6. The fourth-order valence-corrected chi connectivity index (χ4v) is 2.57. The zero-order valence-electron chi connectivity index (χ0n) is 12.2. The zero-order valence-corrected chi connectivity index (χ0v) is 13.8. The van der Waals surface area contributed by atoms with Crippen molar-refractivity contribution in [1.29, 1.82) is 0 Å². The smallest absolute Gasteiger partial charge is 0.283 e. The molecule has 23 heavy (non-hydrogen) atoms. The third-order valence-electron chi connectivity index (χ3n) is 3.36. The third-order valence-corrected chi connectivity index (χ3v) is 4.34. The molecule has 0 radical (unpaired) electrons. The highest BCUT2D eigenvalue weighted by atomic mass is 79.9. The molecule has 0 saturated heterocycles. The van der Waals surface area contributed by atoms with Gasteiger partial charge in [-0.25, -0.2) is 8.78 Å². The third kappa shape index (κ3) is 2.88. The molecule has 0 saturated carbocycles. The predicted molar refractivity (Wildman–Crippen MR) is 81.0 cm³/mol. The van der Waals surface area contributed by atoms with Crippen LogP contribution in [0.25, 0.3) is 11.6 Å². The summed E-state index contributed by atoms with van der Waals surface area (Å²) in [6, 6.07) is 4.84. The Balaban J connectivity index is 1.94. The summed E-state index contributed by atoms with van der Waals surface area (Å²) in [5.41, 5.74) is 0.800. The molecule has 0 unspecified atom stereocenters. The van der Waals surface area contributed by atoms with Crippen LogP contribution in [0.5, 0.6) is 0 Å². The van der Waals surface area contributed by atoms with E-state index in [2.05, 4.69) is 36.2 Å². The van der Waals surface area contributed by atoms with E-state index in [4.69, 9.17) is 4.42 Å². The van der Waals surface area contributed by atoms with Crippen molar-refractivity contribution in [1.82, 2.24) is 25.0 Å². The quantitative estimate of drug-likeness (QED) is 0.682. The maximum Gasteiger partial charge on any atom is 0.283 e. The van der Waals surface area contributed by atoms with E-state index in [1.807, 2.05) is 0 Å². The van der Waals surface area contributed by atoms with Crippen LogP contribution in [-0.2, 0) is 0 Å². The standard InChI is InChI=1S/C14H12BrF2N5O/c1-7-10(15)11(12(16)17)21-22(7)8(2)13-19-20-14(23-13)9-5-3-4-6-18-9/h3-6,8,12H,1-2H3/t8-/m1/s1. The van der Waals surface area contributed by atoms with Gasteiger partial charge >= 0.3 is 0 Å². The Morgan fingerprint density at radius 1 is 1.26 bits per heavy atom. The van der Waals surface area contributed by atoms with Gasteiger partial charge in [-0.05, 0) is 41.9 Å². The van der Waals surface area contributed by atoms with Crippen LogP contribution in [0.15, 0.2) is 33.3 Å². The molecule has 0 fully saturated rings. The molecule has 3 aromatic heterocycles. The predicted octanol–water partition coefficient (Wildman–Crippen LogP) is 3.95. The maximum atomic E-state index is 12.9. The summed E-state index contributed by atoms with van der Waals surface area (Å²) < 4.78 is 33.2. The number of pyridine rings is 1. The fourth-order valence-electron chi connectivity index (χ4n) is 2.14. The van der Waals surface area contributed by atoms with Crippen LogP contribution in [0.3, 0.4) is 0 Å². The van der Waals surface area contributed by atoms with Crippen molar-refractivity contribution in [3.8, 4) is 11.6 Å². The monoisotopic (exact) mass is 383 g/mol. The summed E-state index contributed by atoms with van der Waals surface area (Å²) in [6.45, 7) is 3.44. The molecule has 3 heterocycles. The highest BCUT2D eigenvalue weighted by Gasteiger charge is 2.25. The molecule has 0 bridgehead atoms. The Hall–Kier alpha value is -2.16. The normalized spacial score (nSPS) is 12.8. The number of halogens is 3. The molecular weight excluding hydrogens is 372 g/mol. The summed E-state index contributed by atoms with van der Waals surface area (Å²) >= 11 is 3.14. The van der Waals surface area contributed by atoms with E-state index in [0.29, 0.717) is 11.4 Å². The first-order valence-electron chi connectivity index (χ1n) is 6.76. The lowest BCUT2D eigenvalue weighted by molar-refractivity contribution is 0.144. The molecule has 6 nitrogen and oxygen atoms in total. The second kappa shape index (κ2) is 6.15. The van der Waals surface area contributed by atoms with Gasteiger partial charge in [-0.2, -0.15) is 5.10 Å². The Kier molecular flexibility index (Phi) is 4.20. The van der Waals surface area contributed by atoms with Crippen LogP contribution in [0.1, 0.15) is 36.7 Å². The summed E-state index contributed by atoms with van der Waals surface area (Å²) in [4.78, 5) is 4.13. The molecular formula is C14H12BrF2N5O. The SMILES string of the molecule is Cc1c(Br)c(C(F)F)nn1[C@H](C)c1nnc(-c2ccccn2)o1. The first-order chi connectivity index (χ1) is 11.0. The van der Waals surface area contributed by atoms with Crippen molar-refractivity contribution in [2.45, 2.75) is 26.3 Å². The van der Waals surface area contributed by atoms with Gasteiger partial charge in [-0.1, -0.05) is 6.07 Å². The molecule has 0 aliphatic carbocycles. The Morgan fingerprint density at radius 3 is 2.65 bits per heavy atom. The molecule has 3 rings (SSSR count). The molecule has 1 atom stereocenters. The first-order valence-corrected chi connectivity index (χ1v) is 7.55. The molecule has 0 N–H and O–H groups in total. The van der Waals surface area contributed by atoms with Gasteiger partial charge in [0.15, 0.2) is 0 Å².